The van der Waals surface area contributed by atoms with Gasteiger partial charge < -0.3 is 5.73 Å². The standard InChI is InChI=1S/C12H18N2O2S2/c13-6-8-5-11(17-7-8)18(15,16)14-12(9-1-2-9)10-3-4-10/h5,7,9-10,12,14H,1-4,6,13H2. The molecular formula is C12H18N2O2S2. The monoisotopic (exact) mass is 286 g/mol. The van der Waals surface area contributed by atoms with Crippen LogP contribution in [0.3, 0.4) is 0 Å². The van der Waals surface area contributed by atoms with Crippen molar-refractivity contribution in [2.75, 3.05) is 0 Å². The van der Waals surface area contributed by atoms with Gasteiger partial charge in [0.05, 0.1) is 0 Å². The summed E-state index contributed by atoms with van der Waals surface area (Å²) in [4.78, 5) is 0. The van der Waals surface area contributed by atoms with E-state index in [0.29, 0.717) is 22.6 Å². The highest BCUT2D eigenvalue weighted by Crippen LogP contribution is 2.45. The van der Waals surface area contributed by atoms with Crippen LogP contribution < -0.4 is 10.5 Å². The van der Waals surface area contributed by atoms with Crippen molar-refractivity contribution in [2.24, 2.45) is 17.6 Å². The summed E-state index contributed by atoms with van der Waals surface area (Å²) in [6.07, 6.45) is 4.68. The zero-order valence-corrected chi connectivity index (χ0v) is 11.8. The molecule has 0 aliphatic heterocycles. The Morgan fingerprint density at radius 3 is 2.39 bits per heavy atom. The second-order valence-corrected chi connectivity index (χ2v) is 8.15. The molecular weight excluding hydrogens is 268 g/mol. The molecule has 0 spiro atoms. The van der Waals surface area contributed by atoms with Gasteiger partial charge in [-0.05, 0) is 54.5 Å². The van der Waals surface area contributed by atoms with Crippen molar-refractivity contribution < 1.29 is 8.42 Å². The molecule has 0 bridgehead atoms. The summed E-state index contributed by atoms with van der Waals surface area (Å²) in [6, 6.07) is 1.85. The third kappa shape index (κ3) is 2.61. The summed E-state index contributed by atoms with van der Waals surface area (Å²) < 4.78 is 27.9. The van der Waals surface area contributed by atoms with Crippen LogP contribution in [0.25, 0.3) is 0 Å². The van der Waals surface area contributed by atoms with Gasteiger partial charge in [-0.25, -0.2) is 13.1 Å². The van der Waals surface area contributed by atoms with Crippen LogP contribution in [0.4, 0.5) is 0 Å². The number of hydrogen-bond acceptors (Lipinski definition) is 4. The van der Waals surface area contributed by atoms with Gasteiger partial charge in [0.25, 0.3) is 0 Å². The fourth-order valence-corrected chi connectivity index (χ4v) is 4.94. The third-order valence-electron chi connectivity index (χ3n) is 3.68. The first-order valence-corrected chi connectivity index (χ1v) is 8.76. The number of nitrogens with two attached hydrogens (primary N) is 1. The predicted octanol–water partition coefficient (Wildman–Crippen LogP) is 1.67. The Bertz CT molecular complexity index is 518. The lowest BCUT2D eigenvalue weighted by atomic mass is 10.1. The van der Waals surface area contributed by atoms with Crippen molar-refractivity contribution in [2.45, 2.75) is 42.5 Å². The molecule has 2 aliphatic rings. The van der Waals surface area contributed by atoms with Crippen LogP contribution in [0, 0.1) is 11.8 Å². The molecule has 18 heavy (non-hydrogen) atoms. The molecule has 1 aromatic heterocycles. The second kappa shape index (κ2) is 4.59. The normalized spacial score (nSPS) is 20.6. The molecule has 0 atom stereocenters. The van der Waals surface area contributed by atoms with Gasteiger partial charge in [-0.15, -0.1) is 11.3 Å². The van der Waals surface area contributed by atoms with Crippen LogP contribution in [0.1, 0.15) is 31.2 Å². The lowest BCUT2D eigenvalue weighted by Gasteiger charge is -2.16. The van der Waals surface area contributed by atoms with Crippen molar-refractivity contribution in [1.29, 1.82) is 0 Å². The SMILES string of the molecule is NCc1csc(S(=O)(=O)NC(C2CC2)C2CC2)c1. The van der Waals surface area contributed by atoms with E-state index in [1.54, 1.807) is 6.07 Å². The fourth-order valence-electron chi connectivity index (χ4n) is 2.33. The zero-order valence-electron chi connectivity index (χ0n) is 10.1. The zero-order chi connectivity index (χ0) is 12.8. The number of nitrogens with one attached hydrogen (secondary N) is 1. The van der Waals surface area contributed by atoms with Gasteiger partial charge in [-0.3, -0.25) is 0 Å². The quantitative estimate of drug-likeness (QED) is 0.835. The Morgan fingerprint density at radius 1 is 1.33 bits per heavy atom. The fraction of sp³-hybridized carbons (Fsp3) is 0.667. The van der Waals surface area contributed by atoms with E-state index >= 15 is 0 Å². The Hall–Kier alpha value is -0.430. The van der Waals surface area contributed by atoms with Gasteiger partial charge >= 0.3 is 0 Å². The van der Waals surface area contributed by atoms with E-state index in [0.717, 1.165) is 5.56 Å². The average Bonchev–Trinajstić information content (AvgIpc) is 3.24. The molecule has 3 N–H and O–H groups in total. The summed E-state index contributed by atoms with van der Waals surface area (Å²) in [5, 5.41) is 1.82. The summed E-state index contributed by atoms with van der Waals surface area (Å²) in [7, 11) is -3.35. The van der Waals surface area contributed by atoms with Crippen molar-refractivity contribution in [3.05, 3.63) is 17.0 Å². The van der Waals surface area contributed by atoms with Crippen molar-refractivity contribution in [3.8, 4) is 0 Å². The highest BCUT2D eigenvalue weighted by atomic mass is 32.2. The van der Waals surface area contributed by atoms with E-state index in [2.05, 4.69) is 4.72 Å². The van der Waals surface area contributed by atoms with E-state index in [-0.39, 0.29) is 6.04 Å². The maximum Gasteiger partial charge on any atom is 0.250 e. The Morgan fingerprint density at radius 2 is 1.94 bits per heavy atom. The molecule has 0 amide bonds. The predicted molar refractivity (Wildman–Crippen MR) is 71.8 cm³/mol. The van der Waals surface area contributed by atoms with E-state index in [1.165, 1.54) is 37.0 Å². The molecule has 0 aromatic carbocycles. The number of hydrogen-bond donors (Lipinski definition) is 2. The number of sulfonamides is 1. The molecule has 3 rings (SSSR count). The van der Waals surface area contributed by atoms with E-state index in [1.807, 2.05) is 5.38 Å². The van der Waals surface area contributed by atoms with Crippen LogP contribution in [0.15, 0.2) is 15.7 Å². The highest BCUT2D eigenvalue weighted by Gasteiger charge is 2.43. The molecule has 100 valence electrons. The van der Waals surface area contributed by atoms with Crippen molar-refractivity contribution >= 4 is 21.4 Å². The van der Waals surface area contributed by atoms with E-state index in [4.69, 9.17) is 5.73 Å². The summed E-state index contributed by atoms with van der Waals surface area (Å²) in [6.45, 7) is 0.390. The second-order valence-electron chi connectivity index (χ2n) is 5.30. The molecule has 0 radical (unpaired) electrons. The molecule has 6 heteroatoms. The van der Waals surface area contributed by atoms with Crippen LogP contribution in [0.5, 0.6) is 0 Å². The summed E-state index contributed by atoms with van der Waals surface area (Å²) in [5.41, 5.74) is 6.40. The molecule has 2 aliphatic carbocycles. The molecule has 0 saturated heterocycles. The maximum atomic E-state index is 12.3. The Labute approximate surface area is 112 Å². The van der Waals surface area contributed by atoms with Gasteiger partial charge in [-0.2, -0.15) is 0 Å². The average molecular weight is 286 g/mol. The molecule has 4 nitrogen and oxygen atoms in total. The first-order chi connectivity index (χ1) is 8.60. The van der Waals surface area contributed by atoms with Crippen LogP contribution in [-0.4, -0.2) is 14.5 Å². The van der Waals surface area contributed by atoms with Gasteiger partial charge in [-0.1, -0.05) is 0 Å². The van der Waals surface area contributed by atoms with E-state index < -0.39 is 10.0 Å². The number of thiophene rings is 1. The van der Waals surface area contributed by atoms with Crippen LogP contribution >= 0.6 is 11.3 Å². The maximum absolute atomic E-state index is 12.3. The van der Waals surface area contributed by atoms with Gasteiger partial charge in [0, 0.05) is 12.6 Å². The first-order valence-electron chi connectivity index (χ1n) is 6.40. The molecule has 1 aromatic rings. The van der Waals surface area contributed by atoms with E-state index in [9.17, 15) is 8.42 Å². The first kappa shape index (κ1) is 12.6. The summed E-state index contributed by atoms with van der Waals surface area (Å²) in [5.74, 6) is 1.14. The molecule has 2 saturated carbocycles. The minimum atomic E-state index is -3.35. The number of rotatable bonds is 6. The summed E-state index contributed by atoms with van der Waals surface area (Å²) >= 11 is 1.26. The molecule has 1 heterocycles. The van der Waals surface area contributed by atoms with Gasteiger partial charge in [0.2, 0.25) is 10.0 Å². The van der Waals surface area contributed by atoms with Gasteiger partial charge in [0.15, 0.2) is 0 Å². The minimum Gasteiger partial charge on any atom is -0.326 e. The van der Waals surface area contributed by atoms with Crippen LogP contribution in [0.2, 0.25) is 0 Å². The lowest BCUT2D eigenvalue weighted by Crippen LogP contribution is -2.37. The highest BCUT2D eigenvalue weighted by molar-refractivity contribution is 7.91. The lowest BCUT2D eigenvalue weighted by molar-refractivity contribution is 0.472. The topological polar surface area (TPSA) is 72.2 Å². The van der Waals surface area contributed by atoms with Crippen LogP contribution in [-0.2, 0) is 16.6 Å². The third-order valence-corrected chi connectivity index (χ3v) is 6.63. The van der Waals surface area contributed by atoms with Gasteiger partial charge in [0.1, 0.15) is 4.21 Å². The molecule has 0 unspecified atom stereocenters. The molecule has 2 fully saturated rings. The largest absolute Gasteiger partial charge is 0.326 e. The Kier molecular flexibility index (Phi) is 3.21. The Balaban J connectivity index is 1.76. The smallest absolute Gasteiger partial charge is 0.250 e. The van der Waals surface area contributed by atoms with Crippen molar-refractivity contribution in [3.63, 3.8) is 0 Å². The van der Waals surface area contributed by atoms with Crippen molar-refractivity contribution in [1.82, 2.24) is 4.72 Å². The minimum absolute atomic E-state index is 0.165.